The molecule has 0 aliphatic carbocycles. The lowest BCUT2D eigenvalue weighted by atomic mass is 10.1. The number of aromatic amines is 1. The monoisotopic (exact) mass is 395 g/mol. The Balaban J connectivity index is 1.52. The van der Waals surface area contributed by atoms with E-state index in [1.165, 1.54) is 0 Å². The molecule has 0 saturated carbocycles. The highest BCUT2D eigenvalue weighted by molar-refractivity contribution is 6.01. The Morgan fingerprint density at radius 3 is 2.52 bits per heavy atom. The second kappa shape index (κ2) is 9.14. The zero-order valence-electron chi connectivity index (χ0n) is 16.7. The van der Waals surface area contributed by atoms with E-state index in [4.69, 9.17) is 9.47 Å². The van der Waals surface area contributed by atoms with E-state index >= 15 is 0 Å². The van der Waals surface area contributed by atoms with Crippen molar-refractivity contribution in [2.75, 3.05) is 20.8 Å². The summed E-state index contributed by atoms with van der Waals surface area (Å²) in [4.78, 5) is 27.9. The lowest BCUT2D eigenvalue weighted by Crippen LogP contribution is -2.45. The lowest BCUT2D eigenvalue weighted by molar-refractivity contribution is -0.122. The van der Waals surface area contributed by atoms with Crippen LogP contribution in [-0.4, -0.2) is 43.6 Å². The van der Waals surface area contributed by atoms with E-state index in [1.807, 2.05) is 42.5 Å². The van der Waals surface area contributed by atoms with Crippen molar-refractivity contribution in [2.45, 2.75) is 19.4 Å². The number of hydrogen-bond acceptors (Lipinski definition) is 4. The molecule has 2 amide bonds. The van der Waals surface area contributed by atoms with Gasteiger partial charge in [-0.1, -0.05) is 18.2 Å². The van der Waals surface area contributed by atoms with Crippen LogP contribution in [0, 0.1) is 0 Å². The minimum atomic E-state index is -0.660. The van der Waals surface area contributed by atoms with Crippen molar-refractivity contribution in [2.24, 2.45) is 0 Å². The zero-order valence-corrected chi connectivity index (χ0v) is 16.7. The molecule has 0 fully saturated rings. The van der Waals surface area contributed by atoms with Gasteiger partial charge in [-0.05, 0) is 49.2 Å². The number of aromatic nitrogens is 1. The maximum Gasteiger partial charge on any atom is 0.268 e. The molecule has 3 rings (SSSR count). The summed E-state index contributed by atoms with van der Waals surface area (Å²) in [5, 5.41) is 6.38. The van der Waals surface area contributed by atoms with Crippen LogP contribution in [0.5, 0.6) is 11.5 Å². The second-order valence-corrected chi connectivity index (χ2v) is 6.69. The van der Waals surface area contributed by atoms with E-state index < -0.39 is 6.04 Å². The molecule has 1 atom stereocenters. The molecule has 3 N–H and O–H groups in total. The van der Waals surface area contributed by atoms with Crippen molar-refractivity contribution >= 4 is 22.7 Å². The van der Waals surface area contributed by atoms with E-state index in [-0.39, 0.29) is 11.8 Å². The average Bonchev–Trinajstić information content (AvgIpc) is 3.18. The SMILES string of the molecule is COc1ccc(CCNC(=O)C(C)NC(=O)c2cc3c(OC)cccc3[nH]2)cc1. The normalized spacial score (nSPS) is 11.7. The van der Waals surface area contributed by atoms with Crippen LogP contribution in [0.25, 0.3) is 10.9 Å². The van der Waals surface area contributed by atoms with Crippen molar-refractivity contribution < 1.29 is 19.1 Å². The number of ether oxygens (including phenoxy) is 2. The Morgan fingerprint density at radius 1 is 1.07 bits per heavy atom. The first-order chi connectivity index (χ1) is 14.0. The third kappa shape index (κ3) is 4.87. The lowest BCUT2D eigenvalue weighted by Gasteiger charge is -2.13. The number of fused-ring (bicyclic) bond motifs is 1. The first kappa shape index (κ1) is 20.3. The number of carbonyl (C=O) groups excluding carboxylic acids is 2. The molecule has 7 nitrogen and oxygen atoms in total. The standard InChI is InChI=1S/C22H25N3O4/c1-14(21(26)23-12-11-15-7-9-16(28-2)10-8-15)24-22(27)19-13-17-18(25-19)5-4-6-20(17)29-3/h4-10,13-14,25H,11-12H2,1-3H3,(H,23,26)(H,24,27). The number of rotatable bonds is 8. The Hall–Kier alpha value is -3.48. The first-order valence-electron chi connectivity index (χ1n) is 9.39. The number of amides is 2. The highest BCUT2D eigenvalue weighted by atomic mass is 16.5. The van der Waals surface area contributed by atoms with Gasteiger partial charge in [0.2, 0.25) is 5.91 Å². The van der Waals surface area contributed by atoms with Gasteiger partial charge in [-0.25, -0.2) is 0 Å². The molecule has 0 saturated heterocycles. The van der Waals surface area contributed by atoms with E-state index in [1.54, 1.807) is 27.2 Å². The van der Waals surface area contributed by atoms with Crippen LogP contribution in [0.1, 0.15) is 23.0 Å². The van der Waals surface area contributed by atoms with Gasteiger partial charge in [-0.2, -0.15) is 0 Å². The van der Waals surface area contributed by atoms with Crippen LogP contribution in [0.15, 0.2) is 48.5 Å². The summed E-state index contributed by atoms with van der Waals surface area (Å²) in [7, 11) is 3.21. The third-order valence-corrected chi connectivity index (χ3v) is 4.70. The van der Waals surface area contributed by atoms with Crippen LogP contribution < -0.4 is 20.1 Å². The quantitative estimate of drug-likeness (QED) is 0.547. The topological polar surface area (TPSA) is 92.5 Å². The van der Waals surface area contributed by atoms with Gasteiger partial charge < -0.3 is 25.1 Å². The Morgan fingerprint density at radius 2 is 1.83 bits per heavy atom. The minimum Gasteiger partial charge on any atom is -0.497 e. The van der Waals surface area contributed by atoms with Crippen molar-refractivity contribution in [1.82, 2.24) is 15.6 Å². The molecule has 0 radical (unpaired) electrons. The number of nitrogens with one attached hydrogen (secondary N) is 3. The summed E-state index contributed by atoms with van der Waals surface area (Å²) < 4.78 is 10.4. The molecule has 29 heavy (non-hydrogen) atoms. The maximum absolute atomic E-state index is 12.5. The van der Waals surface area contributed by atoms with E-state index in [2.05, 4.69) is 15.6 Å². The van der Waals surface area contributed by atoms with E-state index in [9.17, 15) is 9.59 Å². The van der Waals surface area contributed by atoms with Gasteiger partial charge >= 0.3 is 0 Å². The fraction of sp³-hybridized carbons (Fsp3) is 0.273. The number of hydrogen-bond donors (Lipinski definition) is 3. The number of carbonyl (C=O) groups is 2. The molecular weight excluding hydrogens is 370 g/mol. The van der Waals surface area contributed by atoms with Crippen molar-refractivity contribution in [1.29, 1.82) is 0 Å². The predicted molar refractivity (Wildman–Crippen MR) is 111 cm³/mol. The van der Waals surface area contributed by atoms with Crippen molar-refractivity contribution in [3.8, 4) is 11.5 Å². The molecular formula is C22H25N3O4. The number of H-pyrrole nitrogens is 1. The maximum atomic E-state index is 12.5. The molecule has 3 aromatic rings. The highest BCUT2D eigenvalue weighted by Gasteiger charge is 2.18. The van der Waals surface area contributed by atoms with Gasteiger partial charge in [0.05, 0.1) is 14.2 Å². The summed E-state index contributed by atoms with van der Waals surface area (Å²) in [6.45, 7) is 2.14. The molecule has 7 heteroatoms. The van der Waals surface area contributed by atoms with Crippen LogP contribution in [0.3, 0.4) is 0 Å². The van der Waals surface area contributed by atoms with E-state index in [0.29, 0.717) is 24.4 Å². The van der Waals surface area contributed by atoms with E-state index in [0.717, 1.165) is 22.2 Å². The van der Waals surface area contributed by atoms with Gasteiger partial charge in [-0.3, -0.25) is 9.59 Å². The predicted octanol–water partition coefficient (Wildman–Crippen LogP) is 2.66. The van der Waals surface area contributed by atoms with Crippen LogP contribution >= 0.6 is 0 Å². The van der Waals surface area contributed by atoms with Gasteiger partial charge in [0.1, 0.15) is 23.2 Å². The fourth-order valence-electron chi connectivity index (χ4n) is 3.04. The molecule has 2 aromatic carbocycles. The average molecular weight is 395 g/mol. The van der Waals surface area contributed by atoms with Gasteiger partial charge in [0, 0.05) is 17.4 Å². The molecule has 0 bridgehead atoms. The van der Waals surface area contributed by atoms with Crippen LogP contribution in [0.4, 0.5) is 0 Å². The second-order valence-electron chi connectivity index (χ2n) is 6.69. The van der Waals surface area contributed by atoms with Gasteiger partial charge in [0.15, 0.2) is 0 Å². The molecule has 0 aliphatic heterocycles. The summed E-state index contributed by atoms with van der Waals surface area (Å²) in [6, 6.07) is 14.3. The summed E-state index contributed by atoms with van der Waals surface area (Å²) in [6.07, 6.45) is 0.693. The third-order valence-electron chi connectivity index (χ3n) is 4.70. The van der Waals surface area contributed by atoms with Crippen LogP contribution in [-0.2, 0) is 11.2 Å². The van der Waals surface area contributed by atoms with Gasteiger partial charge in [0.25, 0.3) is 5.91 Å². The Kier molecular flexibility index (Phi) is 6.39. The van der Waals surface area contributed by atoms with Crippen molar-refractivity contribution in [3.63, 3.8) is 0 Å². The number of benzene rings is 2. The Labute approximate surface area is 169 Å². The molecule has 0 spiro atoms. The molecule has 0 aliphatic rings. The zero-order chi connectivity index (χ0) is 20.8. The summed E-state index contributed by atoms with van der Waals surface area (Å²) >= 11 is 0. The highest BCUT2D eigenvalue weighted by Crippen LogP contribution is 2.25. The largest absolute Gasteiger partial charge is 0.497 e. The first-order valence-corrected chi connectivity index (χ1v) is 9.39. The molecule has 1 heterocycles. The van der Waals surface area contributed by atoms with Gasteiger partial charge in [-0.15, -0.1) is 0 Å². The van der Waals surface area contributed by atoms with Crippen LogP contribution in [0.2, 0.25) is 0 Å². The molecule has 1 unspecified atom stereocenters. The van der Waals surface area contributed by atoms with Crippen molar-refractivity contribution in [3.05, 3.63) is 59.8 Å². The summed E-state index contributed by atoms with van der Waals surface area (Å²) in [5.41, 5.74) is 2.27. The number of methoxy groups -OCH3 is 2. The fourth-order valence-corrected chi connectivity index (χ4v) is 3.04. The molecule has 1 aromatic heterocycles. The Bertz CT molecular complexity index is 995. The molecule has 152 valence electrons. The summed E-state index contributed by atoms with van der Waals surface area (Å²) in [5.74, 6) is 0.896. The smallest absolute Gasteiger partial charge is 0.268 e. The minimum absolute atomic E-state index is 0.236.